The van der Waals surface area contributed by atoms with Gasteiger partial charge < -0.3 is 5.73 Å². The van der Waals surface area contributed by atoms with Crippen LogP contribution in [-0.4, -0.2) is 18.6 Å². The van der Waals surface area contributed by atoms with Crippen LogP contribution in [0.15, 0.2) is 35.2 Å². The van der Waals surface area contributed by atoms with Crippen molar-refractivity contribution in [2.75, 3.05) is 10.5 Å². The van der Waals surface area contributed by atoms with Crippen LogP contribution < -0.4 is 10.5 Å². The first kappa shape index (κ1) is 13.9. The fourth-order valence-electron chi connectivity index (χ4n) is 1.28. The molecule has 0 bridgehead atoms. The lowest BCUT2D eigenvalue weighted by Gasteiger charge is -2.09. The zero-order valence-electron chi connectivity index (χ0n) is 9.34. The minimum atomic E-state index is -3.79. The van der Waals surface area contributed by atoms with Gasteiger partial charge in [-0.05, 0) is 24.3 Å². The molecular formula is C10H8Cl2N4O2S. The number of nitrogens with zero attached hydrogens (tertiary/aromatic N) is 2. The van der Waals surface area contributed by atoms with Gasteiger partial charge in [0.2, 0.25) is 0 Å². The van der Waals surface area contributed by atoms with Crippen molar-refractivity contribution in [2.24, 2.45) is 0 Å². The maximum Gasteiger partial charge on any atom is 0.261 e. The lowest BCUT2D eigenvalue weighted by molar-refractivity contribution is 0.601. The standard InChI is InChI=1S/C10H8Cl2N4O2S/c11-9-5-8(10(12)15-14-9)16-19(17,18)7-3-1-6(13)2-4-7/h1-5H,13H2,(H,14,16). The third-order valence-corrected chi connectivity index (χ3v) is 4.00. The van der Waals surface area contributed by atoms with E-state index in [1.165, 1.54) is 30.3 Å². The summed E-state index contributed by atoms with van der Waals surface area (Å²) < 4.78 is 26.4. The van der Waals surface area contributed by atoms with E-state index in [4.69, 9.17) is 28.9 Å². The molecule has 2 rings (SSSR count). The fraction of sp³-hybridized carbons (Fsp3) is 0. The monoisotopic (exact) mass is 318 g/mol. The Morgan fingerprint density at radius 3 is 2.37 bits per heavy atom. The molecule has 0 spiro atoms. The average Bonchev–Trinajstić information content (AvgIpc) is 2.34. The highest BCUT2D eigenvalue weighted by molar-refractivity contribution is 7.92. The van der Waals surface area contributed by atoms with Crippen LogP contribution in [0.25, 0.3) is 0 Å². The first-order valence-corrected chi connectivity index (χ1v) is 7.19. The van der Waals surface area contributed by atoms with Crippen LogP contribution in [0.4, 0.5) is 11.4 Å². The Morgan fingerprint density at radius 1 is 1.11 bits per heavy atom. The minimum Gasteiger partial charge on any atom is -0.399 e. The van der Waals surface area contributed by atoms with Gasteiger partial charge in [0.05, 0.1) is 10.6 Å². The maximum atomic E-state index is 12.1. The number of halogens is 2. The van der Waals surface area contributed by atoms with Crippen molar-refractivity contribution in [1.82, 2.24) is 10.2 Å². The molecule has 19 heavy (non-hydrogen) atoms. The van der Waals surface area contributed by atoms with Gasteiger partial charge in [-0.2, -0.15) is 0 Å². The molecule has 0 radical (unpaired) electrons. The Bertz CT molecular complexity index is 704. The highest BCUT2D eigenvalue weighted by atomic mass is 35.5. The Kier molecular flexibility index (Phi) is 3.79. The summed E-state index contributed by atoms with van der Waals surface area (Å²) in [5.74, 6) is 0. The third kappa shape index (κ3) is 3.25. The van der Waals surface area contributed by atoms with E-state index in [0.29, 0.717) is 5.69 Å². The van der Waals surface area contributed by atoms with Gasteiger partial charge in [-0.25, -0.2) is 8.42 Å². The highest BCUT2D eigenvalue weighted by Crippen LogP contribution is 2.24. The number of anilines is 2. The van der Waals surface area contributed by atoms with Crippen molar-refractivity contribution >= 4 is 44.6 Å². The number of sulfonamides is 1. The first-order valence-electron chi connectivity index (χ1n) is 4.95. The van der Waals surface area contributed by atoms with Gasteiger partial charge >= 0.3 is 0 Å². The number of nitrogens with two attached hydrogens (primary N) is 1. The topological polar surface area (TPSA) is 98.0 Å². The molecule has 0 aliphatic carbocycles. The number of hydrogen-bond donors (Lipinski definition) is 2. The normalized spacial score (nSPS) is 11.3. The Morgan fingerprint density at radius 2 is 1.74 bits per heavy atom. The molecule has 1 aromatic heterocycles. The molecule has 0 aliphatic rings. The predicted octanol–water partition coefficient (Wildman–Crippen LogP) is 2.17. The van der Waals surface area contributed by atoms with Crippen LogP contribution in [0.2, 0.25) is 10.3 Å². The van der Waals surface area contributed by atoms with E-state index in [-0.39, 0.29) is 20.9 Å². The predicted molar refractivity (Wildman–Crippen MR) is 73.7 cm³/mol. The molecule has 100 valence electrons. The molecule has 0 unspecified atom stereocenters. The lowest BCUT2D eigenvalue weighted by atomic mass is 10.3. The second-order valence-electron chi connectivity index (χ2n) is 3.55. The molecule has 9 heteroatoms. The first-order chi connectivity index (χ1) is 8.88. The second kappa shape index (κ2) is 5.20. The number of aromatic nitrogens is 2. The zero-order chi connectivity index (χ0) is 14.0. The largest absolute Gasteiger partial charge is 0.399 e. The summed E-state index contributed by atoms with van der Waals surface area (Å²) >= 11 is 11.4. The van der Waals surface area contributed by atoms with Crippen LogP contribution in [0, 0.1) is 0 Å². The van der Waals surface area contributed by atoms with E-state index in [2.05, 4.69) is 14.9 Å². The van der Waals surface area contributed by atoms with E-state index >= 15 is 0 Å². The van der Waals surface area contributed by atoms with Crippen LogP contribution in [0.1, 0.15) is 0 Å². The lowest BCUT2D eigenvalue weighted by Crippen LogP contribution is -2.13. The molecule has 0 aliphatic heterocycles. The van der Waals surface area contributed by atoms with Gasteiger partial charge in [-0.3, -0.25) is 4.72 Å². The highest BCUT2D eigenvalue weighted by Gasteiger charge is 2.16. The van der Waals surface area contributed by atoms with Crippen molar-refractivity contribution in [3.63, 3.8) is 0 Å². The number of benzene rings is 1. The number of rotatable bonds is 3. The summed E-state index contributed by atoms with van der Waals surface area (Å²) in [6.07, 6.45) is 0. The Hall–Kier alpha value is -1.57. The maximum absolute atomic E-state index is 12.1. The molecule has 6 nitrogen and oxygen atoms in total. The van der Waals surface area contributed by atoms with Crippen molar-refractivity contribution < 1.29 is 8.42 Å². The summed E-state index contributed by atoms with van der Waals surface area (Å²) in [7, 11) is -3.79. The number of nitrogens with one attached hydrogen (secondary N) is 1. The van der Waals surface area contributed by atoms with Gasteiger partial charge in [-0.15, -0.1) is 10.2 Å². The van der Waals surface area contributed by atoms with Gasteiger partial charge in [0.1, 0.15) is 0 Å². The molecule has 0 amide bonds. The molecule has 1 heterocycles. The van der Waals surface area contributed by atoms with Crippen molar-refractivity contribution in [2.45, 2.75) is 4.90 Å². The summed E-state index contributed by atoms with van der Waals surface area (Å²) in [6.45, 7) is 0. The fourth-order valence-corrected chi connectivity index (χ4v) is 2.68. The molecule has 0 saturated heterocycles. The zero-order valence-corrected chi connectivity index (χ0v) is 11.7. The molecule has 0 fully saturated rings. The van der Waals surface area contributed by atoms with Crippen molar-refractivity contribution in [1.29, 1.82) is 0 Å². The Balaban J connectivity index is 2.36. The quantitative estimate of drug-likeness (QED) is 0.845. The van der Waals surface area contributed by atoms with Gasteiger partial charge in [-0.1, -0.05) is 23.2 Å². The van der Waals surface area contributed by atoms with E-state index in [1.807, 2.05) is 0 Å². The molecule has 3 N–H and O–H groups in total. The van der Waals surface area contributed by atoms with E-state index in [9.17, 15) is 8.42 Å². The number of hydrogen-bond acceptors (Lipinski definition) is 5. The average molecular weight is 319 g/mol. The number of nitrogen functional groups attached to an aromatic ring is 1. The summed E-state index contributed by atoms with van der Waals surface area (Å²) in [6, 6.07) is 6.98. The molecule has 0 saturated carbocycles. The van der Waals surface area contributed by atoms with Crippen LogP contribution in [0.5, 0.6) is 0 Å². The third-order valence-electron chi connectivity index (χ3n) is 2.15. The molecule has 2 aromatic rings. The van der Waals surface area contributed by atoms with Crippen LogP contribution >= 0.6 is 23.2 Å². The van der Waals surface area contributed by atoms with E-state index in [0.717, 1.165) is 0 Å². The second-order valence-corrected chi connectivity index (χ2v) is 5.97. The van der Waals surface area contributed by atoms with Gasteiger partial charge in [0.15, 0.2) is 10.3 Å². The smallest absolute Gasteiger partial charge is 0.261 e. The van der Waals surface area contributed by atoms with E-state index < -0.39 is 10.0 Å². The summed E-state index contributed by atoms with van der Waals surface area (Å²) in [5.41, 5.74) is 6.01. The SMILES string of the molecule is Nc1ccc(S(=O)(=O)Nc2cc(Cl)nnc2Cl)cc1. The molecule has 0 atom stereocenters. The van der Waals surface area contributed by atoms with Crippen molar-refractivity contribution in [3.05, 3.63) is 40.6 Å². The minimum absolute atomic E-state index is 0.0272. The molecule has 1 aromatic carbocycles. The summed E-state index contributed by atoms with van der Waals surface area (Å²) in [4.78, 5) is 0.0469. The van der Waals surface area contributed by atoms with Crippen LogP contribution in [-0.2, 0) is 10.0 Å². The summed E-state index contributed by atoms with van der Waals surface area (Å²) in [5, 5.41) is 6.93. The van der Waals surface area contributed by atoms with Gasteiger partial charge in [0, 0.05) is 11.8 Å². The van der Waals surface area contributed by atoms with Gasteiger partial charge in [0.25, 0.3) is 10.0 Å². The van der Waals surface area contributed by atoms with E-state index in [1.54, 1.807) is 0 Å². The van der Waals surface area contributed by atoms with Crippen molar-refractivity contribution in [3.8, 4) is 0 Å². The molecular weight excluding hydrogens is 311 g/mol. The van der Waals surface area contributed by atoms with Crippen LogP contribution in [0.3, 0.4) is 0 Å². The Labute approximate surface area is 119 Å².